The highest BCUT2D eigenvalue weighted by Gasteiger charge is 2.51. The molecule has 5 aromatic carbocycles. The molecule has 0 saturated carbocycles. The highest BCUT2D eigenvalue weighted by atomic mass is 16.8. The number of hydrogen-bond donors (Lipinski definition) is 2. The summed E-state index contributed by atoms with van der Waals surface area (Å²) in [6.07, 6.45) is -11.8. The van der Waals surface area contributed by atoms with Crippen molar-refractivity contribution in [3.05, 3.63) is 179 Å². The molecule has 5 aromatic rings. The average molecular weight is 1230 g/mol. The molecule has 4 heterocycles. The summed E-state index contributed by atoms with van der Waals surface area (Å²) >= 11 is 0. The third-order valence-corrected chi connectivity index (χ3v) is 18.2. The lowest BCUT2D eigenvalue weighted by molar-refractivity contribution is -0.326. The fraction of sp³-hybridized carbons (Fsp3) is 0.493. The monoisotopic (exact) mass is 1230 g/mol. The molecule has 9 rings (SSSR count). The Bertz CT molecular complexity index is 3040. The first-order valence-electron chi connectivity index (χ1n) is 30.7. The minimum absolute atomic E-state index is 0.0303. The molecule has 20 atom stereocenters. The molecule has 4 aliphatic rings. The van der Waals surface area contributed by atoms with Crippen LogP contribution >= 0.6 is 0 Å². The Morgan fingerprint density at radius 2 is 0.640 bits per heavy atom. The normalized spacial score (nSPS) is 31.9. The summed E-state index contributed by atoms with van der Waals surface area (Å²) in [5.41, 5.74) is 2.15. The highest BCUT2D eigenvalue weighted by Crippen LogP contribution is 2.41. The van der Waals surface area contributed by atoms with Gasteiger partial charge in [0.15, 0.2) is 49.6 Å². The molecule has 0 radical (unpaired) electrons. The van der Waals surface area contributed by atoms with Crippen LogP contribution in [-0.4, -0.2) is 142 Å². The number of esters is 4. The van der Waals surface area contributed by atoms with Gasteiger partial charge in [-0.15, -0.1) is 0 Å². The van der Waals surface area contributed by atoms with Crippen LogP contribution in [0.15, 0.2) is 152 Å². The van der Waals surface area contributed by atoms with Crippen LogP contribution in [0, 0.1) is 47.3 Å². The van der Waals surface area contributed by atoms with Crippen molar-refractivity contribution >= 4 is 30.0 Å². The molecular weight excluding hydrogens is 1150 g/mol. The van der Waals surface area contributed by atoms with Crippen molar-refractivity contribution in [1.29, 1.82) is 0 Å². The largest absolute Gasteiger partial charge is 0.453 e. The van der Waals surface area contributed by atoms with Gasteiger partial charge >= 0.3 is 30.0 Å². The van der Waals surface area contributed by atoms with Gasteiger partial charge in [-0.1, -0.05) is 159 Å². The second kappa shape index (κ2) is 31.6. The van der Waals surface area contributed by atoms with Crippen molar-refractivity contribution in [1.82, 2.24) is 5.32 Å². The van der Waals surface area contributed by atoms with Crippen LogP contribution in [0.3, 0.4) is 0 Å². The molecule has 20 nitrogen and oxygen atoms in total. The standard InChI is InChI=1S/C69H83NO19/c1-40-44(5)57(86-61(72)49-26-16-10-17-27-49)65(82-53(40)34-71)77-36-54-41(2)45(6)58(87-62(73)50-28-18-11-19-29-50)66(83-54)78-37-55-42(3)46(7)59(88-63(74)51-30-20-12-21-31-51)67(84-55)79-38-56-43(4)47(8)60(89-64(75)52-32-22-13-23-33-52)68(85-56)81-39-70-69(76)80-35-48-24-14-9-15-25-48/h9-33,40-47,53-60,65-68,71H,34-39H2,1-8H3,(H,70,76)/t40-,41-,42-,43-,44-,45-,46-,47-,53?,54?,55?,56?,57?,58?,59?,60?,65-,66-,67-,68-/m0/s1. The number of aliphatic hydroxyl groups is 1. The number of ether oxygens (including phenoxy) is 13. The molecule has 4 saturated heterocycles. The third kappa shape index (κ3) is 16.8. The van der Waals surface area contributed by atoms with Gasteiger partial charge in [0, 0.05) is 23.7 Å². The number of aliphatic hydroxyl groups excluding tert-OH is 1. The Hall–Kier alpha value is -7.11. The SMILES string of the molecule is C[C@@H]1C(CO)O[C@H](OCC2O[C@H](OCC3O[C@H](OCC4O[C@H](OCNC(=O)OCc5ccccc5)C(OC(=O)c5ccccc5)[C@@H](C)[C@@H]4C)C(OC(=O)c4ccccc4)[C@@H](C)[C@@H]3C)C(OC(=O)c3ccccc3)[C@@H](C)[C@@H]2C)C(OC(=O)c2ccccc2)[C@H]1C. The van der Waals surface area contributed by atoms with E-state index in [9.17, 15) is 29.1 Å². The maximum atomic E-state index is 13.9. The van der Waals surface area contributed by atoms with Crippen LogP contribution in [0.25, 0.3) is 0 Å². The van der Waals surface area contributed by atoms with E-state index in [1.165, 1.54) is 0 Å². The van der Waals surface area contributed by atoms with E-state index in [1.807, 2.05) is 91.8 Å². The second-order valence-electron chi connectivity index (χ2n) is 23.7. The number of benzene rings is 5. The first-order chi connectivity index (χ1) is 43.0. The predicted molar refractivity (Wildman–Crippen MR) is 321 cm³/mol. The molecular formula is C69H83NO19. The van der Waals surface area contributed by atoms with Crippen LogP contribution < -0.4 is 5.32 Å². The summed E-state index contributed by atoms with van der Waals surface area (Å²) < 4.78 is 83.0. The summed E-state index contributed by atoms with van der Waals surface area (Å²) in [7, 11) is 0. The zero-order valence-electron chi connectivity index (χ0n) is 51.5. The number of rotatable bonds is 23. The Kier molecular flexibility index (Phi) is 23.5. The molecule has 0 aromatic heterocycles. The van der Waals surface area contributed by atoms with Gasteiger partial charge in [0.1, 0.15) is 13.3 Å². The van der Waals surface area contributed by atoms with E-state index in [2.05, 4.69) is 5.32 Å². The molecule has 0 spiro atoms. The van der Waals surface area contributed by atoms with Crippen molar-refractivity contribution in [2.45, 2.75) is 136 Å². The molecule has 2 N–H and O–H groups in total. The van der Waals surface area contributed by atoms with Gasteiger partial charge in [0.2, 0.25) is 0 Å². The van der Waals surface area contributed by atoms with E-state index in [4.69, 9.17) is 61.6 Å². The maximum Gasteiger partial charge on any atom is 0.409 e. The number of hydrogen-bond acceptors (Lipinski definition) is 19. The summed E-state index contributed by atoms with van der Waals surface area (Å²) in [6.45, 7) is 14.6. The third-order valence-electron chi connectivity index (χ3n) is 18.2. The second-order valence-corrected chi connectivity index (χ2v) is 23.7. The number of carbonyl (C=O) groups excluding carboxylic acids is 5. The molecule has 1 amide bonds. The molecule has 4 aliphatic heterocycles. The van der Waals surface area contributed by atoms with E-state index in [-0.39, 0.29) is 75.3 Å². The minimum atomic E-state index is -1.20. The first kappa shape index (κ1) is 66.3. The molecule has 20 heteroatoms. The zero-order valence-corrected chi connectivity index (χ0v) is 51.5. The fourth-order valence-electron chi connectivity index (χ4n) is 11.6. The Morgan fingerprint density at radius 3 is 0.944 bits per heavy atom. The summed E-state index contributed by atoms with van der Waals surface area (Å²) in [5.74, 6) is -4.92. The van der Waals surface area contributed by atoms with E-state index < -0.39 is 116 Å². The molecule has 0 aliphatic carbocycles. The van der Waals surface area contributed by atoms with Crippen LogP contribution in [0.4, 0.5) is 4.79 Å². The summed E-state index contributed by atoms with van der Waals surface area (Å²) in [6, 6.07) is 43.6. The van der Waals surface area contributed by atoms with Crippen LogP contribution in [0.1, 0.15) is 102 Å². The average Bonchev–Trinajstić information content (AvgIpc) is 1.13. The van der Waals surface area contributed by atoms with E-state index in [0.717, 1.165) is 5.56 Å². The Morgan fingerprint density at radius 1 is 0.371 bits per heavy atom. The maximum absolute atomic E-state index is 13.9. The molecule has 0 bridgehead atoms. The predicted octanol–water partition coefficient (Wildman–Crippen LogP) is 9.82. The quantitative estimate of drug-likeness (QED) is 0.0351. The Labute approximate surface area is 519 Å². The lowest BCUT2D eigenvalue weighted by Crippen LogP contribution is -2.57. The van der Waals surface area contributed by atoms with Crippen LogP contribution in [0.5, 0.6) is 0 Å². The lowest BCUT2D eigenvalue weighted by Gasteiger charge is -2.47. The highest BCUT2D eigenvalue weighted by molar-refractivity contribution is 5.91. The molecule has 478 valence electrons. The smallest absolute Gasteiger partial charge is 0.409 e. The molecule has 8 unspecified atom stereocenters. The number of nitrogens with one attached hydrogen (secondary N) is 1. The van der Waals surface area contributed by atoms with Crippen LogP contribution in [-0.2, 0) is 68.2 Å². The molecule has 89 heavy (non-hydrogen) atoms. The number of alkyl carbamates (subject to hydrolysis) is 1. The van der Waals surface area contributed by atoms with Gasteiger partial charge in [-0.2, -0.15) is 0 Å². The topological polar surface area (TPSA) is 238 Å². The van der Waals surface area contributed by atoms with E-state index in [0.29, 0.717) is 22.3 Å². The van der Waals surface area contributed by atoms with Crippen molar-refractivity contribution in [3.8, 4) is 0 Å². The lowest BCUT2D eigenvalue weighted by atomic mass is 9.82. The first-order valence-corrected chi connectivity index (χ1v) is 30.7. The van der Waals surface area contributed by atoms with Crippen molar-refractivity contribution in [3.63, 3.8) is 0 Å². The Balaban J connectivity index is 0.928. The summed E-state index contributed by atoms with van der Waals surface area (Å²) in [5, 5.41) is 13.0. The van der Waals surface area contributed by atoms with Gasteiger partial charge in [-0.05, 0) is 77.8 Å². The van der Waals surface area contributed by atoms with Gasteiger partial charge in [-0.25, -0.2) is 24.0 Å². The van der Waals surface area contributed by atoms with E-state index >= 15 is 0 Å². The van der Waals surface area contributed by atoms with Gasteiger partial charge < -0.3 is 66.7 Å². The van der Waals surface area contributed by atoms with Crippen molar-refractivity contribution in [2.75, 3.05) is 33.2 Å². The van der Waals surface area contributed by atoms with Crippen LogP contribution in [0.2, 0.25) is 0 Å². The van der Waals surface area contributed by atoms with Crippen molar-refractivity contribution < 1.29 is 90.7 Å². The summed E-state index contributed by atoms with van der Waals surface area (Å²) in [4.78, 5) is 67.8. The fourth-order valence-corrected chi connectivity index (χ4v) is 11.6. The van der Waals surface area contributed by atoms with E-state index in [1.54, 1.807) is 115 Å². The van der Waals surface area contributed by atoms with Gasteiger partial charge in [0.25, 0.3) is 0 Å². The zero-order chi connectivity index (χ0) is 63.1. The van der Waals surface area contributed by atoms with Crippen molar-refractivity contribution in [2.24, 2.45) is 47.3 Å². The minimum Gasteiger partial charge on any atom is -0.453 e. The molecule has 4 fully saturated rings. The number of carbonyl (C=O) groups is 5. The number of amides is 1. The van der Waals surface area contributed by atoms with Gasteiger partial charge in [-0.3, -0.25) is 5.32 Å². The van der Waals surface area contributed by atoms with Gasteiger partial charge in [0.05, 0.1) is 73.1 Å².